The van der Waals surface area contributed by atoms with Gasteiger partial charge in [0.15, 0.2) is 0 Å². The van der Waals surface area contributed by atoms with Crippen LogP contribution in [-0.4, -0.2) is 12.1 Å². The summed E-state index contributed by atoms with van der Waals surface area (Å²) in [5, 5.41) is 3.53. The maximum Gasteiger partial charge on any atom is 0.142 e. The molecule has 1 N–H and O–H groups in total. The molecule has 68 valence electrons. The largest absolute Gasteiger partial charge is 0.486 e. The predicted octanol–water partition coefficient (Wildman–Crippen LogP) is 2.41. The van der Waals surface area contributed by atoms with Crippen LogP contribution in [0.1, 0.15) is 19.3 Å². The Morgan fingerprint density at radius 3 is 3.15 bits per heavy atom. The highest BCUT2D eigenvalue weighted by atomic mass is 16.5. The molecule has 0 saturated heterocycles. The number of rotatable bonds is 0. The molecule has 1 aliphatic carbocycles. The maximum absolute atomic E-state index is 5.89. The van der Waals surface area contributed by atoms with Crippen molar-refractivity contribution < 1.29 is 4.74 Å². The van der Waals surface area contributed by atoms with Crippen LogP contribution in [0.25, 0.3) is 0 Å². The van der Waals surface area contributed by atoms with Crippen molar-refractivity contribution in [2.75, 3.05) is 5.32 Å². The molecule has 2 nitrogen and oxygen atoms in total. The fraction of sp³-hybridized carbons (Fsp3) is 0.455. The molecule has 1 saturated carbocycles. The summed E-state index contributed by atoms with van der Waals surface area (Å²) in [4.78, 5) is 0. The Morgan fingerprint density at radius 2 is 2.15 bits per heavy atom. The Bertz CT molecular complexity index is 293. The van der Waals surface area contributed by atoms with Crippen molar-refractivity contribution in [1.82, 2.24) is 0 Å². The Kier molecular flexibility index (Phi) is 1.48. The average Bonchev–Trinajstić information content (AvgIpc) is 2.61. The van der Waals surface area contributed by atoms with Gasteiger partial charge in [0.05, 0.1) is 11.7 Å². The normalized spacial score (nSPS) is 29.8. The van der Waals surface area contributed by atoms with Gasteiger partial charge in [0, 0.05) is 0 Å². The molecule has 1 heterocycles. The van der Waals surface area contributed by atoms with E-state index in [1.807, 2.05) is 18.2 Å². The van der Waals surface area contributed by atoms with Gasteiger partial charge in [-0.15, -0.1) is 0 Å². The Morgan fingerprint density at radius 1 is 1.23 bits per heavy atom. The van der Waals surface area contributed by atoms with Crippen LogP contribution in [0.3, 0.4) is 0 Å². The van der Waals surface area contributed by atoms with Gasteiger partial charge in [-0.2, -0.15) is 0 Å². The third kappa shape index (κ3) is 1.09. The van der Waals surface area contributed by atoms with Crippen LogP contribution in [0.4, 0.5) is 5.69 Å². The number of fused-ring (bicyclic) bond motifs is 2. The molecule has 1 aromatic carbocycles. The standard InChI is InChI=1S/C11H13NO/c1-2-6-10-8(4-1)12-9-5-3-7-11(9)13-10/h1-2,4,6,9,11-12H,3,5,7H2/t9-,11+/m1/s1. The monoisotopic (exact) mass is 175 g/mol. The molecule has 0 amide bonds. The predicted molar refractivity (Wildman–Crippen MR) is 52.1 cm³/mol. The fourth-order valence-electron chi connectivity index (χ4n) is 2.28. The molecule has 0 bridgehead atoms. The Balaban J connectivity index is 1.97. The lowest BCUT2D eigenvalue weighted by atomic mass is 10.1. The Labute approximate surface area is 77.9 Å². The van der Waals surface area contributed by atoms with E-state index < -0.39 is 0 Å². The van der Waals surface area contributed by atoms with E-state index in [9.17, 15) is 0 Å². The lowest BCUT2D eigenvalue weighted by Crippen LogP contribution is -2.36. The molecule has 1 aromatic rings. The smallest absolute Gasteiger partial charge is 0.142 e. The van der Waals surface area contributed by atoms with Crippen molar-refractivity contribution in [1.29, 1.82) is 0 Å². The highest BCUT2D eigenvalue weighted by molar-refractivity contribution is 5.58. The minimum atomic E-state index is 0.412. The number of anilines is 1. The van der Waals surface area contributed by atoms with E-state index >= 15 is 0 Å². The van der Waals surface area contributed by atoms with Gasteiger partial charge < -0.3 is 10.1 Å². The SMILES string of the molecule is c1ccc2c(c1)N[C@@H]1CCC[C@@H]1O2. The van der Waals surface area contributed by atoms with Gasteiger partial charge in [-0.3, -0.25) is 0 Å². The molecule has 3 rings (SSSR count). The number of hydrogen-bond acceptors (Lipinski definition) is 2. The lowest BCUT2D eigenvalue weighted by molar-refractivity contribution is 0.188. The van der Waals surface area contributed by atoms with Crippen LogP contribution in [0.15, 0.2) is 24.3 Å². The molecule has 2 atom stereocenters. The van der Waals surface area contributed by atoms with E-state index in [-0.39, 0.29) is 0 Å². The molecule has 13 heavy (non-hydrogen) atoms. The van der Waals surface area contributed by atoms with E-state index in [2.05, 4.69) is 11.4 Å². The van der Waals surface area contributed by atoms with E-state index in [0.29, 0.717) is 12.1 Å². The summed E-state index contributed by atoms with van der Waals surface area (Å²) in [6.45, 7) is 0. The summed E-state index contributed by atoms with van der Waals surface area (Å²) in [6.07, 6.45) is 4.15. The first kappa shape index (κ1) is 7.25. The molecule has 2 aliphatic rings. The van der Waals surface area contributed by atoms with E-state index in [4.69, 9.17) is 4.74 Å². The van der Waals surface area contributed by atoms with Gasteiger partial charge in [0.25, 0.3) is 0 Å². The van der Waals surface area contributed by atoms with Crippen molar-refractivity contribution in [3.8, 4) is 5.75 Å². The van der Waals surface area contributed by atoms with Gasteiger partial charge in [-0.05, 0) is 31.4 Å². The first-order valence-electron chi connectivity index (χ1n) is 4.96. The van der Waals surface area contributed by atoms with E-state index in [1.165, 1.54) is 19.3 Å². The summed E-state index contributed by atoms with van der Waals surface area (Å²) in [6, 6.07) is 8.75. The third-order valence-corrected chi connectivity index (χ3v) is 2.96. The van der Waals surface area contributed by atoms with Crippen molar-refractivity contribution >= 4 is 5.69 Å². The first-order chi connectivity index (χ1) is 6.43. The van der Waals surface area contributed by atoms with Gasteiger partial charge in [-0.25, -0.2) is 0 Å². The second kappa shape index (κ2) is 2.66. The Hall–Kier alpha value is -1.18. The van der Waals surface area contributed by atoms with Crippen molar-refractivity contribution in [3.63, 3.8) is 0 Å². The average molecular weight is 175 g/mol. The summed E-state index contributed by atoms with van der Waals surface area (Å²) in [5.74, 6) is 1.02. The highest BCUT2D eigenvalue weighted by Gasteiger charge is 2.33. The van der Waals surface area contributed by atoms with Crippen molar-refractivity contribution in [3.05, 3.63) is 24.3 Å². The van der Waals surface area contributed by atoms with E-state index in [0.717, 1.165) is 11.4 Å². The first-order valence-corrected chi connectivity index (χ1v) is 4.96. The van der Waals surface area contributed by atoms with Crippen molar-refractivity contribution in [2.24, 2.45) is 0 Å². The highest BCUT2D eigenvalue weighted by Crippen LogP contribution is 2.36. The molecule has 0 aromatic heterocycles. The van der Waals surface area contributed by atoms with Crippen LogP contribution < -0.4 is 10.1 Å². The number of ether oxygens (including phenoxy) is 1. The maximum atomic E-state index is 5.89. The molecule has 1 fully saturated rings. The molecule has 2 heteroatoms. The summed E-state index contributed by atoms with van der Waals surface area (Å²) in [5.41, 5.74) is 1.16. The van der Waals surface area contributed by atoms with Gasteiger partial charge in [0.2, 0.25) is 0 Å². The third-order valence-electron chi connectivity index (χ3n) is 2.96. The van der Waals surface area contributed by atoms with Crippen LogP contribution in [-0.2, 0) is 0 Å². The molecule has 0 radical (unpaired) electrons. The topological polar surface area (TPSA) is 21.3 Å². The van der Waals surface area contributed by atoms with Crippen LogP contribution in [0.2, 0.25) is 0 Å². The van der Waals surface area contributed by atoms with E-state index in [1.54, 1.807) is 0 Å². The van der Waals surface area contributed by atoms with Gasteiger partial charge in [-0.1, -0.05) is 12.1 Å². The zero-order valence-electron chi connectivity index (χ0n) is 7.49. The number of benzene rings is 1. The fourth-order valence-corrected chi connectivity index (χ4v) is 2.28. The zero-order valence-corrected chi connectivity index (χ0v) is 7.49. The quantitative estimate of drug-likeness (QED) is 0.653. The minimum Gasteiger partial charge on any atom is -0.486 e. The second-order valence-corrected chi connectivity index (χ2v) is 3.83. The molecule has 0 spiro atoms. The van der Waals surface area contributed by atoms with Crippen LogP contribution >= 0.6 is 0 Å². The molecule has 0 unspecified atom stereocenters. The van der Waals surface area contributed by atoms with Gasteiger partial charge in [0.1, 0.15) is 11.9 Å². The summed E-state index contributed by atoms with van der Waals surface area (Å²) >= 11 is 0. The second-order valence-electron chi connectivity index (χ2n) is 3.83. The van der Waals surface area contributed by atoms with Crippen LogP contribution in [0.5, 0.6) is 5.75 Å². The number of para-hydroxylation sites is 2. The summed E-state index contributed by atoms with van der Waals surface area (Å²) in [7, 11) is 0. The molecular weight excluding hydrogens is 162 g/mol. The zero-order chi connectivity index (χ0) is 8.67. The summed E-state index contributed by atoms with van der Waals surface area (Å²) < 4.78 is 5.89. The van der Waals surface area contributed by atoms with Crippen molar-refractivity contribution in [2.45, 2.75) is 31.4 Å². The number of nitrogens with one attached hydrogen (secondary N) is 1. The van der Waals surface area contributed by atoms with Crippen LogP contribution in [0, 0.1) is 0 Å². The molecular formula is C11H13NO. The molecule has 1 aliphatic heterocycles. The lowest BCUT2D eigenvalue weighted by Gasteiger charge is -2.30. The minimum absolute atomic E-state index is 0.412. The number of hydrogen-bond donors (Lipinski definition) is 1. The van der Waals surface area contributed by atoms with Gasteiger partial charge >= 0.3 is 0 Å².